The van der Waals surface area contributed by atoms with E-state index in [9.17, 15) is 14.7 Å². The molecule has 0 bridgehead atoms. The van der Waals surface area contributed by atoms with Gasteiger partial charge in [-0.2, -0.15) is 0 Å². The zero-order valence-electron chi connectivity index (χ0n) is 14.5. The first-order chi connectivity index (χ1) is 12.6. The SMILES string of the molecule is O=C([O-])[C@@H]1CCCC[C@H]1C(=O)Nc1ccc(OCc2ccccc2)cc1. The van der Waals surface area contributed by atoms with Gasteiger partial charge in [-0.1, -0.05) is 43.2 Å². The maximum absolute atomic E-state index is 12.4. The standard InChI is InChI=1S/C21H23NO4/c23-20(18-8-4-5-9-19(18)21(24)25)22-16-10-12-17(13-11-16)26-14-15-6-2-1-3-7-15/h1-3,6-7,10-13,18-19H,4-5,8-9,14H2,(H,22,23)(H,24,25)/p-1/t18-,19-/m1/s1. The highest BCUT2D eigenvalue weighted by molar-refractivity contribution is 5.95. The molecule has 2 aromatic carbocycles. The van der Waals surface area contributed by atoms with Crippen molar-refractivity contribution in [1.29, 1.82) is 0 Å². The summed E-state index contributed by atoms with van der Waals surface area (Å²) in [7, 11) is 0. The molecule has 26 heavy (non-hydrogen) atoms. The quantitative estimate of drug-likeness (QED) is 0.867. The molecular weight excluding hydrogens is 330 g/mol. The molecule has 2 aromatic rings. The van der Waals surface area contributed by atoms with E-state index < -0.39 is 17.8 Å². The van der Waals surface area contributed by atoms with E-state index in [0.717, 1.165) is 18.4 Å². The monoisotopic (exact) mass is 352 g/mol. The van der Waals surface area contributed by atoms with Crippen molar-refractivity contribution in [2.45, 2.75) is 32.3 Å². The van der Waals surface area contributed by atoms with Crippen LogP contribution in [0.5, 0.6) is 5.75 Å². The molecule has 5 heteroatoms. The molecule has 1 fully saturated rings. The topological polar surface area (TPSA) is 78.5 Å². The Morgan fingerprint density at radius 3 is 2.27 bits per heavy atom. The van der Waals surface area contributed by atoms with Crippen LogP contribution in [0.3, 0.4) is 0 Å². The van der Waals surface area contributed by atoms with Crippen molar-refractivity contribution in [1.82, 2.24) is 0 Å². The smallest absolute Gasteiger partial charge is 0.228 e. The van der Waals surface area contributed by atoms with Gasteiger partial charge in [0.1, 0.15) is 12.4 Å². The van der Waals surface area contributed by atoms with Gasteiger partial charge in [0.2, 0.25) is 5.91 Å². The number of carbonyl (C=O) groups excluding carboxylic acids is 2. The summed E-state index contributed by atoms with van der Waals surface area (Å²) in [5, 5.41) is 14.1. The number of amides is 1. The first kappa shape index (κ1) is 18.0. The summed E-state index contributed by atoms with van der Waals surface area (Å²) in [6.45, 7) is 0.474. The average Bonchev–Trinajstić information content (AvgIpc) is 2.68. The van der Waals surface area contributed by atoms with E-state index in [1.54, 1.807) is 24.3 Å². The Hall–Kier alpha value is -2.82. The molecule has 3 rings (SSSR count). The summed E-state index contributed by atoms with van der Waals surface area (Å²) in [6, 6.07) is 17.0. The first-order valence-corrected chi connectivity index (χ1v) is 8.92. The van der Waals surface area contributed by atoms with Crippen molar-refractivity contribution >= 4 is 17.6 Å². The van der Waals surface area contributed by atoms with E-state index in [4.69, 9.17) is 4.74 Å². The highest BCUT2D eigenvalue weighted by atomic mass is 16.5. The van der Waals surface area contributed by atoms with E-state index in [1.165, 1.54) is 0 Å². The van der Waals surface area contributed by atoms with E-state index in [0.29, 0.717) is 30.9 Å². The van der Waals surface area contributed by atoms with Gasteiger partial charge in [0.25, 0.3) is 0 Å². The Morgan fingerprint density at radius 2 is 1.62 bits per heavy atom. The Bertz CT molecular complexity index is 742. The molecule has 2 atom stereocenters. The minimum Gasteiger partial charge on any atom is -0.550 e. The van der Waals surface area contributed by atoms with Crippen LogP contribution >= 0.6 is 0 Å². The zero-order valence-corrected chi connectivity index (χ0v) is 14.5. The molecule has 136 valence electrons. The van der Waals surface area contributed by atoms with Crippen LogP contribution in [0.2, 0.25) is 0 Å². The third kappa shape index (κ3) is 4.63. The number of carbonyl (C=O) groups is 2. The molecule has 5 nitrogen and oxygen atoms in total. The van der Waals surface area contributed by atoms with Crippen LogP contribution in [0.1, 0.15) is 31.2 Å². The molecule has 1 saturated carbocycles. The lowest BCUT2D eigenvalue weighted by Gasteiger charge is -2.31. The predicted octanol–water partition coefficient (Wildman–Crippen LogP) is 2.76. The van der Waals surface area contributed by atoms with Crippen LogP contribution in [-0.4, -0.2) is 11.9 Å². The summed E-state index contributed by atoms with van der Waals surface area (Å²) in [6.07, 6.45) is 2.79. The summed E-state index contributed by atoms with van der Waals surface area (Å²) in [5.74, 6) is -1.90. The summed E-state index contributed by atoms with van der Waals surface area (Å²) in [4.78, 5) is 23.7. The molecule has 1 aliphatic carbocycles. The number of carboxylic acids is 1. The Labute approximate surface area is 153 Å². The van der Waals surface area contributed by atoms with Crippen LogP contribution in [0.15, 0.2) is 54.6 Å². The van der Waals surface area contributed by atoms with Crippen LogP contribution in [0.25, 0.3) is 0 Å². The van der Waals surface area contributed by atoms with Crippen LogP contribution in [0, 0.1) is 11.8 Å². The van der Waals surface area contributed by atoms with E-state index in [1.807, 2.05) is 30.3 Å². The minimum atomic E-state index is -1.13. The van der Waals surface area contributed by atoms with Gasteiger partial charge < -0.3 is 20.0 Å². The van der Waals surface area contributed by atoms with Crippen molar-refractivity contribution in [3.8, 4) is 5.75 Å². The fourth-order valence-corrected chi connectivity index (χ4v) is 3.34. The fourth-order valence-electron chi connectivity index (χ4n) is 3.34. The zero-order chi connectivity index (χ0) is 18.4. The molecule has 0 aliphatic heterocycles. The molecule has 1 aliphatic rings. The number of benzene rings is 2. The van der Waals surface area contributed by atoms with E-state index >= 15 is 0 Å². The number of rotatable bonds is 6. The fraction of sp³-hybridized carbons (Fsp3) is 0.333. The molecule has 0 unspecified atom stereocenters. The maximum Gasteiger partial charge on any atom is 0.228 e. The molecule has 0 saturated heterocycles. The van der Waals surface area contributed by atoms with E-state index in [2.05, 4.69) is 5.32 Å². The van der Waals surface area contributed by atoms with Gasteiger partial charge in [0, 0.05) is 23.5 Å². The van der Waals surface area contributed by atoms with Gasteiger partial charge in [-0.25, -0.2) is 0 Å². The van der Waals surface area contributed by atoms with Crippen LogP contribution < -0.4 is 15.2 Å². The molecule has 0 aromatic heterocycles. The number of nitrogens with one attached hydrogen (secondary N) is 1. The Kier molecular flexibility index (Phi) is 5.89. The lowest BCUT2D eigenvalue weighted by Crippen LogP contribution is -2.42. The van der Waals surface area contributed by atoms with Gasteiger partial charge in [0.05, 0.1) is 0 Å². The van der Waals surface area contributed by atoms with Crippen molar-refractivity contribution < 1.29 is 19.4 Å². The van der Waals surface area contributed by atoms with Gasteiger partial charge in [-0.05, 0) is 42.7 Å². The number of ether oxygens (including phenoxy) is 1. The third-order valence-electron chi connectivity index (χ3n) is 4.78. The average molecular weight is 352 g/mol. The largest absolute Gasteiger partial charge is 0.550 e. The van der Waals surface area contributed by atoms with E-state index in [-0.39, 0.29) is 5.91 Å². The highest BCUT2D eigenvalue weighted by Gasteiger charge is 2.31. The maximum atomic E-state index is 12.4. The molecule has 0 radical (unpaired) electrons. The van der Waals surface area contributed by atoms with Gasteiger partial charge >= 0.3 is 0 Å². The highest BCUT2D eigenvalue weighted by Crippen LogP contribution is 2.31. The van der Waals surface area contributed by atoms with Crippen molar-refractivity contribution in [2.75, 3.05) is 5.32 Å². The second kappa shape index (κ2) is 8.52. The van der Waals surface area contributed by atoms with Crippen molar-refractivity contribution in [3.05, 3.63) is 60.2 Å². The molecule has 1 amide bonds. The molecular formula is C21H22NO4-. The summed E-state index contributed by atoms with van der Waals surface area (Å²) >= 11 is 0. The second-order valence-corrected chi connectivity index (χ2v) is 6.60. The lowest BCUT2D eigenvalue weighted by atomic mass is 9.78. The number of hydrogen-bond donors (Lipinski definition) is 1. The van der Waals surface area contributed by atoms with Crippen LogP contribution in [-0.2, 0) is 16.2 Å². The molecule has 1 N–H and O–H groups in total. The second-order valence-electron chi connectivity index (χ2n) is 6.60. The van der Waals surface area contributed by atoms with Crippen LogP contribution in [0.4, 0.5) is 5.69 Å². The molecule has 0 heterocycles. The number of aliphatic carboxylic acids is 1. The van der Waals surface area contributed by atoms with Gasteiger partial charge in [-0.3, -0.25) is 4.79 Å². The molecule has 0 spiro atoms. The minimum absolute atomic E-state index is 0.253. The number of anilines is 1. The van der Waals surface area contributed by atoms with Crippen molar-refractivity contribution in [3.63, 3.8) is 0 Å². The predicted molar refractivity (Wildman–Crippen MR) is 96.3 cm³/mol. The summed E-state index contributed by atoms with van der Waals surface area (Å²) < 4.78 is 5.72. The van der Waals surface area contributed by atoms with Gasteiger partial charge in [-0.15, -0.1) is 0 Å². The third-order valence-corrected chi connectivity index (χ3v) is 4.78. The first-order valence-electron chi connectivity index (χ1n) is 8.92. The number of hydrogen-bond acceptors (Lipinski definition) is 4. The lowest BCUT2D eigenvalue weighted by molar-refractivity contribution is -0.313. The Balaban J connectivity index is 1.56. The van der Waals surface area contributed by atoms with Crippen molar-refractivity contribution in [2.24, 2.45) is 11.8 Å². The normalized spacial score (nSPS) is 19.5. The van der Waals surface area contributed by atoms with Gasteiger partial charge in [0.15, 0.2) is 0 Å². The Morgan fingerprint density at radius 1 is 0.962 bits per heavy atom. The summed E-state index contributed by atoms with van der Waals surface area (Å²) in [5.41, 5.74) is 1.71. The number of carboxylic acid groups (broad SMARTS) is 1.